The molecule has 0 aromatic rings. The van der Waals surface area contributed by atoms with E-state index in [-0.39, 0.29) is 36.5 Å². The molecule has 0 fully saturated rings. The third-order valence-electron chi connectivity index (χ3n) is 5.16. The van der Waals surface area contributed by atoms with Gasteiger partial charge < -0.3 is 16.0 Å². The van der Waals surface area contributed by atoms with Gasteiger partial charge in [0.1, 0.15) is 11.8 Å². The van der Waals surface area contributed by atoms with Crippen molar-refractivity contribution in [2.24, 2.45) is 5.41 Å². The van der Waals surface area contributed by atoms with Gasteiger partial charge in [-0.25, -0.2) is 5.43 Å². The first kappa shape index (κ1) is 26.0. The highest BCUT2D eigenvalue weighted by Gasteiger charge is 2.48. The summed E-state index contributed by atoms with van der Waals surface area (Å²) < 4.78 is 0. The van der Waals surface area contributed by atoms with Crippen LogP contribution in [0, 0.1) is 5.41 Å². The Morgan fingerprint density at radius 2 is 1.43 bits per heavy atom. The average molecular weight is 401 g/mol. The van der Waals surface area contributed by atoms with Crippen LogP contribution in [0.1, 0.15) is 41.0 Å². The third kappa shape index (κ3) is 7.17. The van der Waals surface area contributed by atoms with Crippen LogP contribution >= 0.6 is 0 Å². The number of hydrazine groups is 1. The summed E-state index contributed by atoms with van der Waals surface area (Å²) in [5, 5.41) is 11.1. The summed E-state index contributed by atoms with van der Waals surface area (Å²) in [5.41, 5.74) is 3.69. The number of ketones is 1. The molecule has 0 aromatic heterocycles. The number of likely N-dealkylation sites (N-methyl/N-ethyl adjacent to an activating group) is 2. The molecule has 0 bridgehead atoms. The molecule has 0 aliphatic carbocycles. The van der Waals surface area contributed by atoms with Crippen molar-refractivity contribution >= 4 is 23.5 Å². The fourth-order valence-electron chi connectivity index (χ4n) is 2.75. The molecule has 6 N–H and O–H groups in total. The molecule has 0 aliphatic heterocycles. The standard InChI is InChI=1S/C18H36N6O4/c1-11(25)9-12(15(27)19-6)24-18(4,5)17(2,3)14(16(28)20-7)23-13(26)10-22-21-8/h12,14,21-22,24H,9-10H2,1-8H3,(H,19,27)(H,20,28)(H,23,26). The summed E-state index contributed by atoms with van der Waals surface area (Å²) in [7, 11) is 4.62. The zero-order valence-electron chi connectivity index (χ0n) is 18.2. The second-order valence-electron chi connectivity index (χ2n) is 7.78. The van der Waals surface area contributed by atoms with E-state index in [1.807, 2.05) is 27.7 Å². The molecule has 162 valence electrons. The first-order valence-corrected chi connectivity index (χ1v) is 9.23. The predicted molar refractivity (Wildman–Crippen MR) is 107 cm³/mol. The topological polar surface area (TPSA) is 140 Å². The second kappa shape index (κ2) is 11.1. The monoisotopic (exact) mass is 400 g/mol. The molecule has 0 aliphatic rings. The summed E-state index contributed by atoms with van der Waals surface area (Å²) in [5.74, 6) is -1.18. The smallest absolute Gasteiger partial charge is 0.242 e. The van der Waals surface area contributed by atoms with Gasteiger partial charge in [0, 0.05) is 31.5 Å². The van der Waals surface area contributed by atoms with Gasteiger partial charge in [-0.2, -0.15) is 0 Å². The molecule has 0 rings (SSSR count). The highest BCUT2D eigenvalue weighted by Crippen LogP contribution is 2.35. The molecule has 28 heavy (non-hydrogen) atoms. The molecule has 3 amide bonds. The number of carbonyl (C=O) groups excluding carboxylic acids is 4. The SMILES string of the molecule is CNNCC(=O)NC(C(=O)NC)C(C)(C)C(C)(C)NC(CC(C)=O)C(=O)NC. The first-order valence-electron chi connectivity index (χ1n) is 9.23. The number of carbonyl (C=O) groups is 4. The number of rotatable bonds is 12. The summed E-state index contributed by atoms with van der Waals surface area (Å²) in [4.78, 5) is 48.6. The van der Waals surface area contributed by atoms with Gasteiger partial charge in [0.2, 0.25) is 17.7 Å². The average Bonchev–Trinajstić information content (AvgIpc) is 2.61. The maximum absolute atomic E-state index is 12.5. The third-order valence-corrected chi connectivity index (χ3v) is 5.16. The van der Waals surface area contributed by atoms with Crippen LogP contribution in [0.2, 0.25) is 0 Å². The summed E-state index contributed by atoms with van der Waals surface area (Å²) in [6.45, 7) is 8.70. The molecule has 0 radical (unpaired) electrons. The molecule has 2 atom stereocenters. The second-order valence-corrected chi connectivity index (χ2v) is 7.78. The molecule has 10 nitrogen and oxygen atoms in total. The Bertz CT molecular complexity index is 576. The molecular formula is C18H36N6O4. The minimum atomic E-state index is -0.881. The Morgan fingerprint density at radius 1 is 0.893 bits per heavy atom. The van der Waals surface area contributed by atoms with Crippen molar-refractivity contribution in [3.05, 3.63) is 0 Å². The van der Waals surface area contributed by atoms with Crippen molar-refractivity contribution < 1.29 is 19.2 Å². The van der Waals surface area contributed by atoms with Gasteiger partial charge >= 0.3 is 0 Å². The Labute approximate surface area is 167 Å². The van der Waals surface area contributed by atoms with Crippen molar-refractivity contribution in [1.29, 1.82) is 0 Å². The van der Waals surface area contributed by atoms with Gasteiger partial charge in [-0.3, -0.25) is 29.9 Å². The number of hydrogen-bond acceptors (Lipinski definition) is 7. The number of hydrogen-bond donors (Lipinski definition) is 6. The fourth-order valence-corrected chi connectivity index (χ4v) is 2.75. The lowest BCUT2D eigenvalue weighted by atomic mass is 9.68. The van der Waals surface area contributed by atoms with Crippen LogP contribution in [0.5, 0.6) is 0 Å². The van der Waals surface area contributed by atoms with Crippen LogP contribution in [-0.4, -0.2) is 68.8 Å². The van der Waals surface area contributed by atoms with Crippen molar-refractivity contribution in [3.63, 3.8) is 0 Å². The van der Waals surface area contributed by atoms with Crippen molar-refractivity contribution in [2.45, 2.75) is 58.7 Å². The van der Waals surface area contributed by atoms with E-state index in [0.29, 0.717) is 0 Å². The van der Waals surface area contributed by atoms with Crippen LogP contribution in [0.15, 0.2) is 0 Å². The van der Waals surface area contributed by atoms with E-state index in [4.69, 9.17) is 0 Å². The summed E-state index contributed by atoms with van der Waals surface area (Å²) in [6, 6.07) is -1.64. The normalized spacial score (nSPS) is 14.0. The van der Waals surface area contributed by atoms with E-state index < -0.39 is 23.0 Å². The van der Waals surface area contributed by atoms with Crippen LogP contribution < -0.4 is 32.1 Å². The van der Waals surface area contributed by atoms with E-state index >= 15 is 0 Å². The van der Waals surface area contributed by atoms with E-state index in [1.165, 1.54) is 21.0 Å². The Hall–Kier alpha value is -2.04. The van der Waals surface area contributed by atoms with Gasteiger partial charge in [0.05, 0.1) is 12.6 Å². The zero-order chi connectivity index (χ0) is 22.1. The maximum atomic E-state index is 12.5. The number of amides is 3. The van der Waals surface area contributed by atoms with Crippen molar-refractivity contribution in [1.82, 2.24) is 32.1 Å². The van der Waals surface area contributed by atoms with E-state index in [9.17, 15) is 19.2 Å². The minimum Gasteiger partial charge on any atom is -0.358 e. The Morgan fingerprint density at radius 3 is 1.86 bits per heavy atom. The first-order chi connectivity index (χ1) is 12.8. The van der Waals surface area contributed by atoms with Gasteiger partial charge in [-0.1, -0.05) is 13.8 Å². The van der Waals surface area contributed by atoms with Gasteiger partial charge in [-0.05, 0) is 27.8 Å². The van der Waals surface area contributed by atoms with Crippen LogP contribution in [0.4, 0.5) is 0 Å². The number of nitrogens with one attached hydrogen (secondary N) is 6. The highest BCUT2D eigenvalue weighted by atomic mass is 16.2. The molecule has 2 unspecified atom stereocenters. The van der Waals surface area contributed by atoms with Crippen LogP contribution in [0.25, 0.3) is 0 Å². The fraction of sp³-hybridized carbons (Fsp3) is 0.778. The van der Waals surface area contributed by atoms with E-state index in [1.54, 1.807) is 7.05 Å². The Kier molecular flexibility index (Phi) is 10.3. The van der Waals surface area contributed by atoms with Gasteiger partial charge in [0.15, 0.2) is 0 Å². The maximum Gasteiger partial charge on any atom is 0.242 e. The number of Topliss-reactive ketones (excluding diaryl/α,β-unsaturated/α-hetero) is 1. The quantitative estimate of drug-likeness (QED) is 0.217. The molecule has 0 heterocycles. The molecule has 0 aromatic carbocycles. The predicted octanol–water partition coefficient (Wildman–Crippen LogP) is -1.57. The van der Waals surface area contributed by atoms with E-state index in [0.717, 1.165) is 0 Å². The lowest BCUT2D eigenvalue weighted by Crippen LogP contribution is -2.67. The largest absolute Gasteiger partial charge is 0.358 e. The lowest BCUT2D eigenvalue weighted by molar-refractivity contribution is -0.133. The Balaban J connectivity index is 5.71. The molecule has 0 spiro atoms. The van der Waals surface area contributed by atoms with Crippen LogP contribution in [-0.2, 0) is 19.2 Å². The van der Waals surface area contributed by atoms with Gasteiger partial charge in [0.25, 0.3) is 0 Å². The zero-order valence-corrected chi connectivity index (χ0v) is 18.2. The van der Waals surface area contributed by atoms with Gasteiger partial charge in [-0.15, -0.1) is 0 Å². The minimum absolute atomic E-state index is 0.0147. The summed E-state index contributed by atoms with van der Waals surface area (Å²) >= 11 is 0. The molecule has 0 saturated heterocycles. The van der Waals surface area contributed by atoms with E-state index in [2.05, 4.69) is 32.1 Å². The highest BCUT2D eigenvalue weighted by molar-refractivity contribution is 5.89. The molecule has 10 heteroatoms. The molecule has 0 saturated carbocycles. The lowest BCUT2D eigenvalue weighted by Gasteiger charge is -2.48. The molecular weight excluding hydrogens is 364 g/mol. The van der Waals surface area contributed by atoms with Crippen molar-refractivity contribution in [2.75, 3.05) is 27.7 Å². The summed E-state index contributed by atoms with van der Waals surface area (Å²) in [6.07, 6.45) is 0.0161. The van der Waals surface area contributed by atoms with Crippen LogP contribution in [0.3, 0.4) is 0 Å². The van der Waals surface area contributed by atoms with Crippen molar-refractivity contribution in [3.8, 4) is 0 Å².